The quantitative estimate of drug-likeness (QED) is 0.587. The topological polar surface area (TPSA) is 32.3 Å². The number of aliphatic hydroxyl groups is 1. The van der Waals surface area contributed by atoms with Gasteiger partial charge in [-0.05, 0) is 38.6 Å². The van der Waals surface area contributed by atoms with Gasteiger partial charge < -0.3 is 10.4 Å². The van der Waals surface area contributed by atoms with Crippen LogP contribution in [0.25, 0.3) is 0 Å². The molecule has 0 rings (SSSR count). The maximum absolute atomic E-state index is 8.73. The zero-order chi connectivity index (χ0) is 11.5. The van der Waals surface area contributed by atoms with Crippen LogP contribution < -0.4 is 5.32 Å². The van der Waals surface area contributed by atoms with Gasteiger partial charge in [-0.3, -0.25) is 0 Å². The highest BCUT2D eigenvalue weighted by atomic mass is 16.2. The van der Waals surface area contributed by atoms with E-state index >= 15 is 0 Å². The van der Waals surface area contributed by atoms with E-state index in [2.05, 4.69) is 26.1 Å². The molecule has 2 atom stereocenters. The number of hydrogen-bond acceptors (Lipinski definition) is 2. The van der Waals surface area contributed by atoms with Crippen LogP contribution in [0.3, 0.4) is 0 Å². The Morgan fingerprint density at radius 1 is 1.13 bits per heavy atom. The maximum Gasteiger partial charge on any atom is 0.0431 e. The Hall–Kier alpha value is -0.0800. The first-order chi connectivity index (χ1) is 7.24. The smallest absolute Gasteiger partial charge is 0.0431 e. The first-order valence-electron chi connectivity index (χ1n) is 6.58. The van der Waals surface area contributed by atoms with Crippen LogP contribution in [0.2, 0.25) is 0 Å². The van der Waals surface area contributed by atoms with Crippen LogP contribution >= 0.6 is 0 Å². The van der Waals surface area contributed by atoms with Crippen LogP contribution in [0.15, 0.2) is 0 Å². The Labute approximate surface area is 95.5 Å². The average Bonchev–Trinajstić information content (AvgIpc) is 2.26. The summed E-state index contributed by atoms with van der Waals surface area (Å²) in [5, 5.41) is 12.3. The molecule has 2 nitrogen and oxygen atoms in total. The largest absolute Gasteiger partial charge is 0.396 e. The number of unbranched alkanes of at least 4 members (excludes halogenated alkanes) is 1. The lowest BCUT2D eigenvalue weighted by atomic mass is 9.99. The highest BCUT2D eigenvalue weighted by Crippen LogP contribution is 2.11. The molecule has 15 heavy (non-hydrogen) atoms. The van der Waals surface area contributed by atoms with E-state index in [1.54, 1.807) is 0 Å². The summed E-state index contributed by atoms with van der Waals surface area (Å²) in [7, 11) is 0. The molecule has 0 amide bonds. The van der Waals surface area contributed by atoms with Gasteiger partial charge in [0.25, 0.3) is 0 Å². The predicted molar refractivity (Wildman–Crippen MR) is 67.1 cm³/mol. The molecule has 92 valence electrons. The molecule has 0 aliphatic carbocycles. The van der Waals surface area contributed by atoms with Gasteiger partial charge in [-0.15, -0.1) is 0 Å². The Morgan fingerprint density at radius 3 is 2.40 bits per heavy atom. The molecule has 0 saturated carbocycles. The summed E-state index contributed by atoms with van der Waals surface area (Å²) >= 11 is 0. The fourth-order valence-corrected chi connectivity index (χ4v) is 1.81. The summed E-state index contributed by atoms with van der Waals surface area (Å²) in [5.41, 5.74) is 0. The van der Waals surface area contributed by atoms with E-state index in [0.29, 0.717) is 12.6 Å². The summed E-state index contributed by atoms with van der Waals surface area (Å²) < 4.78 is 0. The molecule has 0 radical (unpaired) electrons. The summed E-state index contributed by atoms with van der Waals surface area (Å²) in [6, 6.07) is 0.549. The van der Waals surface area contributed by atoms with Crippen molar-refractivity contribution in [3.8, 4) is 0 Å². The third-order valence-electron chi connectivity index (χ3n) is 3.09. The maximum atomic E-state index is 8.73. The summed E-state index contributed by atoms with van der Waals surface area (Å²) in [6.07, 6.45) is 7.29. The molecule has 0 aliphatic rings. The first kappa shape index (κ1) is 14.9. The molecule has 0 aliphatic heterocycles. The standard InChI is InChI=1S/C13H29NO/c1-4-6-9-13(5-2)11-14-12(3)8-7-10-15/h12-15H,4-11H2,1-3H3. The minimum absolute atomic E-state index is 0.319. The molecule has 2 N–H and O–H groups in total. The lowest BCUT2D eigenvalue weighted by molar-refractivity contribution is 0.274. The number of nitrogens with one attached hydrogen (secondary N) is 1. The van der Waals surface area contributed by atoms with Crippen molar-refractivity contribution >= 4 is 0 Å². The molecular weight excluding hydrogens is 186 g/mol. The van der Waals surface area contributed by atoms with E-state index in [-0.39, 0.29) is 0 Å². The average molecular weight is 215 g/mol. The van der Waals surface area contributed by atoms with Gasteiger partial charge in [-0.25, -0.2) is 0 Å². The van der Waals surface area contributed by atoms with Crippen LogP contribution in [0.5, 0.6) is 0 Å². The van der Waals surface area contributed by atoms with Crippen molar-refractivity contribution in [2.45, 2.75) is 65.3 Å². The molecule has 0 bridgehead atoms. The number of rotatable bonds is 10. The molecule has 0 aromatic rings. The monoisotopic (exact) mass is 215 g/mol. The van der Waals surface area contributed by atoms with Gasteiger partial charge in [0.2, 0.25) is 0 Å². The van der Waals surface area contributed by atoms with Gasteiger partial charge in [-0.1, -0.05) is 33.1 Å². The zero-order valence-electron chi connectivity index (χ0n) is 10.8. The van der Waals surface area contributed by atoms with Crippen molar-refractivity contribution in [1.29, 1.82) is 0 Å². The van der Waals surface area contributed by atoms with E-state index in [1.165, 1.54) is 25.7 Å². The Morgan fingerprint density at radius 2 is 1.87 bits per heavy atom. The van der Waals surface area contributed by atoms with Crippen LogP contribution in [-0.2, 0) is 0 Å². The third-order valence-corrected chi connectivity index (χ3v) is 3.09. The molecule has 0 heterocycles. The molecule has 0 spiro atoms. The fraction of sp³-hybridized carbons (Fsp3) is 1.00. The molecule has 2 unspecified atom stereocenters. The second kappa shape index (κ2) is 10.4. The Bertz CT molecular complexity index is 128. The van der Waals surface area contributed by atoms with E-state index in [0.717, 1.165) is 25.3 Å². The van der Waals surface area contributed by atoms with Gasteiger partial charge in [0.05, 0.1) is 0 Å². The predicted octanol–water partition coefficient (Wildman–Crippen LogP) is 2.95. The molecule has 0 fully saturated rings. The minimum Gasteiger partial charge on any atom is -0.396 e. The van der Waals surface area contributed by atoms with Crippen molar-refractivity contribution in [1.82, 2.24) is 5.32 Å². The highest BCUT2D eigenvalue weighted by molar-refractivity contribution is 4.66. The van der Waals surface area contributed by atoms with Crippen LogP contribution in [0.1, 0.15) is 59.3 Å². The third kappa shape index (κ3) is 8.88. The number of aliphatic hydroxyl groups excluding tert-OH is 1. The summed E-state index contributed by atoms with van der Waals surface area (Å²) in [5.74, 6) is 0.835. The van der Waals surface area contributed by atoms with E-state index in [4.69, 9.17) is 5.11 Å². The van der Waals surface area contributed by atoms with E-state index in [1.807, 2.05) is 0 Å². The lowest BCUT2D eigenvalue weighted by Crippen LogP contribution is -2.31. The van der Waals surface area contributed by atoms with Gasteiger partial charge >= 0.3 is 0 Å². The van der Waals surface area contributed by atoms with E-state index < -0.39 is 0 Å². The highest BCUT2D eigenvalue weighted by Gasteiger charge is 2.07. The second-order valence-electron chi connectivity index (χ2n) is 4.59. The second-order valence-corrected chi connectivity index (χ2v) is 4.59. The molecule has 0 aromatic carbocycles. The first-order valence-corrected chi connectivity index (χ1v) is 6.58. The molecule has 2 heteroatoms. The SMILES string of the molecule is CCCCC(CC)CNC(C)CCCO. The summed E-state index contributed by atoms with van der Waals surface area (Å²) in [4.78, 5) is 0. The molecular formula is C13H29NO. The number of hydrogen-bond donors (Lipinski definition) is 2. The zero-order valence-corrected chi connectivity index (χ0v) is 10.8. The Kier molecular flexibility index (Phi) is 10.4. The van der Waals surface area contributed by atoms with Crippen molar-refractivity contribution in [2.24, 2.45) is 5.92 Å². The fourth-order valence-electron chi connectivity index (χ4n) is 1.81. The van der Waals surface area contributed by atoms with Crippen molar-refractivity contribution in [3.63, 3.8) is 0 Å². The Balaban J connectivity index is 3.50. The van der Waals surface area contributed by atoms with E-state index in [9.17, 15) is 0 Å². The van der Waals surface area contributed by atoms with Crippen molar-refractivity contribution in [3.05, 3.63) is 0 Å². The van der Waals surface area contributed by atoms with Crippen LogP contribution in [0.4, 0.5) is 0 Å². The van der Waals surface area contributed by atoms with Crippen molar-refractivity contribution in [2.75, 3.05) is 13.2 Å². The van der Waals surface area contributed by atoms with Gasteiger partial charge in [0, 0.05) is 12.6 Å². The molecule has 0 saturated heterocycles. The lowest BCUT2D eigenvalue weighted by Gasteiger charge is -2.19. The van der Waals surface area contributed by atoms with Gasteiger partial charge in [-0.2, -0.15) is 0 Å². The van der Waals surface area contributed by atoms with Gasteiger partial charge in [0.15, 0.2) is 0 Å². The van der Waals surface area contributed by atoms with Crippen molar-refractivity contribution < 1.29 is 5.11 Å². The molecule has 0 aromatic heterocycles. The van der Waals surface area contributed by atoms with Crippen LogP contribution in [-0.4, -0.2) is 24.3 Å². The summed E-state index contributed by atoms with van der Waals surface area (Å²) in [6.45, 7) is 8.20. The van der Waals surface area contributed by atoms with Gasteiger partial charge in [0.1, 0.15) is 0 Å². The minimum atomic E-state index is 0.319. The van der Waals surface area contributed by atoms with Crippen LogP contribution in [0, 0.1) is 5.92 Å². The normalized spacial score (nSPS) is 15.2.